The quantitative estimate of drug-likeness (QED) is 0.817. The Kier molecular flexibility index (Phi) is 7.65. The first-order valence-corrected chi connectivity index (χ1v) is 5.74. The molecule has 5 nitrogen and oxygen atoms in total. The molecule has 0 fully saturated rings. The lowest BCUT2D eigenvalue weighted by Crippen LogP contribution is -2.01. The molecule has 0 heterocycles. The molecule has 0 unspecified atom stereocenters. The Morgan fingerprint density at radius 1 is 1.00 bits per heavy atom. The van der Waals surface area contributed by atoms with E-state index in [1.807, 2.05) is 12.1 Å². The van der Waals surface area contributed by atoms with Gasteiger partial charge < -0.3 is 21.5 Å². The second kappa shape index (κ2) is 8.68. The monoisotopic (exact) mass is 277 g/mol. The van der Waals surface area contributed by atoms with Crippen molar-refractivity contribution in [3.63, 3.8) is 0 Å². The SMILES string of the molecule is O=Cc1ccc(OCCc2ccc(O)cc2)cc1.[NH4+].[OH-]. The van der Waals surface area contributed by atoms with Gasteiger partial charge in [-0.25, -0.2) is 0 Å². The molecule has 2 rings (SSSR count). The van der Waals surface area contributed by atoms with E-state index in [0.717, 1.165) is 24.0 Å². The smallest absolute Gasteiger partial charge is 0.150 e. The number of carbonyl (C=O) groups excluding carboxylic acids is 1. The average Bonchev–Trinajstić information content (AvgIpc) is 2.42. The molecule has 0 amide bonds. The predicted octanol–water partition coefficient (Wildman–Crippen LogP) is 3.03. The molecule has 0 aliphatic carbocycles. The number of carbonyl (C=O) groups is 1. The third-order valence-electron chi connectivity index (χ3n) is 2.61. The summed E-state index contributed by atoms with van der Waals surface area (Å²) >= 11 is 0. The molecule has 6 N–H and O–H groups in total. The summed E-state index contributed by atoms with van der Waals surface area (Å²) in [4.78, 5) is 10.5. The van der Waals surface area contributed by atoms with Gasteiger partial charge in [0.15, 0.2) is 0 Å². The lowest BCUT2D eigenvalue weighted by atomic mass is 10.1. The van der Waals surface area contributed by atoms with Gasteiger partial charge in [-0.15, -0.1) is 0 Å². The van der Waals surface area contributed by atoms with Gasteiger partial charge in [-0.2, -0.15) is 0 Å². The Morgan fingerprint density at radius 2 is 1.60 bits per heavy atom. The van der Waals surface area contributed by atoms with Crippen molar-refractivity contribution in [3.8, 4) is 11.5 Å². The Balaban J connectivity index is 0.00000180. The van der Waals surface area contributed by atoms with E-state index in [4.69, 9.17) is 9.84 Å². The lowest BCUT2D eigenvalue weighted by Gasteiger charge is -2.06. The van der Waals surface area contributed by atoms with Gasteiger partial charge in [-0.3, -0.25) is 4.79 Å². The fourth-order valence-electron chi connectivity index (χ4n) is 1.59. The van der Waals surface area contributed by atoms with Crippen LogP contribution in [0.2, 0.25) is 0 Å². The number of aromatic hydroxyl groups is 1. The molecule has 20 heavy (non-hydrogen) atoms. The fraction of sp³-hybridized carbons (Fsp3) is 0.133. The molecule has 0 aliphatic rings. The molecule has 0 aliphatic heterocycles. The number of hydrogen-bond acceptors (Lipinski definition) is 4. The normalized spacial score (nSPS) is 9.00. The van der Waals surface area contributed by atoms with Crippen molar-refractivity contribution < 1.29 is 20.1 Å². The summed E-state index contributed by atoms with van der Waals surface area (Å²) in [5, 5.41) is 9.15. The molecule has 0 aromatic heterocycles. The maximum absolute atomic E-state index is 10.5. The zero-order chi connectivity index (χ0) is 12.8. The van der Waals surface area contributed by atoms with Crippen molar-refractivity contribution in [1.29, 1.82) is 0 Å². The summed E-state index contributed by atoms with van der Waals surface area (Å²) in [6.45, 7) is 0.561. The standard InChI is InChI=1S/C15H14O3.H3N.H2O/c16-11-13-3-7-15(8-4-13)18-10-9-12-1-5-14(17)6-2-12;;/h1-8,11,17H,9-10H2;1H3;1H2. The van der Waals surface area contributed by atoms with Gasteiger partial charge in [-0.05, 0) is 42.0 Å². The molecule has 2 aromatic carbocycles. The number of phenolic OH excluding ortho intramolecular Hbond substituents is 1. The maximum atomic E-state index is 10.5. The maximum Gasteiger partial charge on any atom is 0.150 e. The first kappa shape index (κ1) is 17.6. The number of benzene rings is 2. The summed E-state index contributed by atoms with van der Waals surface area (Å²) in [6, 6.07) is 14.1. The van der Waals surface area contributed by atoms with Crippen LogP contribution in [0.5, 0.6) is 11.5 Å². The number of hydrogen-bond donors (Lipinski definition) is 2. The second-order valence-electron chi connectivity index (χ2n) is 3.95. The largest absolute Gasteiger partial charge is 0.870 e. The third-order valence-corrected chi connectivity index (χ3v) is 2.61. The summed E-state index contributed by atoms with van der Waals surface area (Å²) in [7, 11) is 0. The highest BCUT2D eigenvalue weighted by atomic mass is 16.5. The third kappa shape index (κ3) is 5.09. The first-order chi connectivity index (χ1) is 8.78. The summed E-state index contributed by atoms with van der Waals surface area (Å²) < 4.78 is 5.56. The Labute approximate surface area is 117 Å². The van der Waals surface area contributed by atoms with Crippen LogP contribution in [-0.2, 0) is 6.42 Å². The number of quaternary nitrogens is 1. The molecule has 2 aromatic rings. The zero-order valence-electron chi connectivity index (χ0n) is 11.3. The molecule has 0 atom stereocenters. The van der Waals surface area contributed by atoms with E-state index in [2.05, 4.69) is 0 Å². The molecular weight excluding hydrogens is 258 g/mol. The highest BCUT2D eigenvalue weighted by Crippen LogP contribution is 2.13. The second-order valence-corrected chi connectivity index (χ2v) is 3.95. The molecule has 5 heteroatoms. The van der Waals surface area contributed by atoms with Gasteiger partial charge in [-0.1, -0.05) is 12.1 Å². The molecule has 0 radical (unpaired) electrons. The van der Waals surface area contributed by atoms with Crippen molar-refractivity contribution >= 4 is 6.29 Å². The van der Waals surface area contributed by atoms with Gasteiger partial charge >= 0.3 is 0 Å². The van der Waals surface area contributed by atoms with Crippen LogP contribution in [0.15, 0.2) is 48.5 Å². The Bertz CT molecular complexity index is 508. The highest BCUT2D eigenvalue weighted by molar-refractivity contribution is 5.74. The molecule has 0 spiro atoms. The van der Waals surface area contributed by atoms with Gasteiger partial charge in [0, 0.05) is 12.0 Å². The van der Waals surface area contributed by atoms with E-state index in [0.29, 0.717) is 12.2 Å². The Hall–Kier alpha value is -2.37. The van der Waals surface area contributed by atoms with Crippen molar-refractivity contribution in [2.45, 2.75) is 6.42 Å². The molecule has 0 saturated heterocycles. The van der Waals surface area contributed by atoms with E-state index < -0.39 is 0 Å². The van der Waals surface area contributed by atoms with Crippen molar-refractivity contribution in [2.24, 2.45) is 0 Å². The van der Waals surface area contributed by atoms with Crippen LogP contribution in [0.3, 0.4) is 0 Å². The predicted molar refractivity (Wildman–Crippen MR) is 77.1 cm³/mol. The molecule has 0 saturated carbocycles. The van der Waals surface area contributed by atoms with Crippen LogP contribution in [-0.4, -0.2) is 23.5 Å². The Morgan fingerprint density at radius 3 is 2.15 bits per heavy atom. The number of ether oxygens (including phenoxy) is 1. The fourth-order valence-corrected chi connectivity index (χ4v) is 1.59. The molecular formula is C15H19NO4. The zero-order valence-corrected chi connectivity index (χ0v) is 11.3. The van der Waals surface area contributed by atoms with Crippen molar-refractivity contribution in [3.05, 3.63) is 59.7 Å². The van der Waals surface area contributed by atoms with Gasteiger partial charge in [0.2, 0.25) is 0 Å². The molecule has 0 bridgehead atoms. The number of rotatable bonds is 5. The van der Waals surface area contributed by atoms with E-state index in [9.17, 15) is 4.79 Å². The minimum Gasteiger partial charge on any atom is -0.870 e. The van der Waals surface area contributed by atoms with Crippen LogP contribution in [0.1, 0.15) is 15.9 Å². The number of phenols is 1. The number of aldehydes is 1. The van der Waals surface area contributed by atoms with Crippen LogP contribution >= 0.6 is 0 Å². The van der Waals surface area contributed by atoms with Crippen LogP contribution in [0.4, 0.5) is 0 Å². The van der Waals surface area contributed by atoms with Gasteiger partial charge in [0.1, 0.15) is 17.8 Å². The minimum atomic E-state index is 0. The van der Waals surface area contributed by atoms with E-state index in [1.54, 1.807) is 36.4 Å². The van der Waals surface area contributed by atoms with E-state index in [-0.39, 0.29) is 17.4 Å². The summed E-state index contributed by atoms with van der Waals surface area (Å²) in [5.41, 5.74) is 1.75. The summed E-state index contributed by atoms with van der Waals surface area (Å²) in [5.74, 6) is 1.02. The highest BCUT2D eigenvalue weighted by Gasteiger charge is 1.97. The van der Waals surface area contributed by atoms with Gasteiger partial charge in [0.25, 0.3) is 0 Å². The average molecular weight is 277 g/mol. The first-order valence-electron chi connectivity index (χ1n) is 5.74. The van der Waals surface area contributed by atoms with Crippen LogP contribution in [0.25, 0.3) is 0 Å². The topological polar surface area (TPSA) is 113 Å². The van der Waals surface area contributed by atoms with Crippen molar-refractivity contribution in [2.75, 3.05) is 6.61 Å². The van der Waals surface area contributed by atoms with Crippen LogP contribution < -0.4 is 10.9 Å². The minimum absolute atomic E-state index is 0. The van der Waals surface area contributed by atoms with Crippen LogP contribution in [0, 0.1) is 0 Å². The molecule has 108 valence electrons. The van der Waals surface area contributed by atoms with E-state index in [1.165, 1.54) is 0 Å². The van der Waals surface area contributed by atoms with Crippen molar-refractivity contribution in [1.82, 2.24) is 6.15 Å². The van der Waals surface area contributed by atoms with E-state index >= 15 is 0 Å². The lowest BCUT2D eigenvalue weighted by molar-refractivity contribution is 0.112. The summed E-state index contributed by atoms with van der Waals surface area (Å²) in [6.07, 6.45) is 1.58. The van der Waals surface area contributed by atoms with Gasteiger partial charge in [0.05, 0.1) is 6.61 Å².